The molecule has 3 heterocycles. The molecule has 6 heteroatoms. The number of rotatable bonds is 2. The summed E-state index contributed by atoms with van der Waals surface area (Å²) in [6, 6.07) is 53.9. The normalized spacial score (nSPS) is 12.7. The number of fused-ring (bicyclic) bond motifs is 17. The second kappa shape index (κ2) is 12.3. The molecule has 242 valence electrons. The van der Waals surface area contributed by atoms with E-state index in [-0.39, 0.29) is 5.41 Å². The van der Waals surface area contributed by atoms with E-state index < -0.39 is 0 Å². The third-order valence-corrected chi connectivity index (χ3v) is 9.59. The second-order valence-corrected chi connectivity index (χ2v) is 13.3. The van der Waals surface area contributed by atoms with E-state index in [0.29, 0.717) is 34.9 Å². The SMILES string of the molecule is CC1(C)c2cccc(c2)-c2nc(-c3ccccc3)nc(n2)-c2cccc(c2)-c2cccc(c2)-c2nc(-c3ccccc3)nc(n2)-c2cccc1c2. The Morgan fingerprint density at radius 3 is 0.922 bits per heavy atom. The van der Waals surface area contributed by atoms with Crippen LogP contribution in [0, 0.1) is 0 Å². The summed E-state index contributed by atoms with van der Waals surface area (Å²) in [7, 11) is 0. The Morgan fingerprint density at radius 2 is 0.549 bits per heavy atom. The molecule has 9 rings (SSSR count). The molecule has 1 aliphatic rings. The average Bonchev–Trinajstić information content (AvgIpc) is 3.21. The standard InChI is InChI=1S/C45H32N6/c1-45(2)37-23-11-21-35(27-37)43-48-39(29-13-5-3-6-14-29)46-41(50-43)33-19-9-17-31(25-33)32-18-10-20-34(26-32)42-47-40(30-15-7-4-8-16-30)49-44(51-42)36-22-12-24-38(45)28-36/h3-28H,1-2H3. The lowest BCUT2D eigenvalue weighted by Crippen LogP contribution is -2.19. The maximum atomic E-state index is 5.09. The number of hydrogen-bond acceptors (Lipinski definition) is 6. The van der Waals surface area contributed by atoms with Crippen molar-refractivity contribution in [2.45, 2.75) is 19.3 Å². The highest BCUT2D eigenvalue weighted by Gasteiger charge is 2.25. The molecule has 0 spiro atoms. The van der Waals surface area contributed by atoms with Gasteiger partial charge in [0, 0.05) is 38.8 Å². The van der Waals surface area contributed by atoms with Gasteiger partial charge >= 0.3 is 0 Å². The zero-order valence-electron chi connectivity index (χ0n) is 28.2. The maximum Gasteiger partial charge on any atom is 0.164 e. The van der Waals surface area contributed by atoms with E-state index in [2.05, 4.69) is 111 Å². The van der Waals surface area contributed by atoms with Crippen molar-refractivity contribution in [3.05, 3.63) is 169 Å². The van der Waals surface area contributed by atoms with E-state index in [1.807, 2.05) is 60.7 Å². The smallest absolute Gasteiger partial charge is 0.164 e. The Kier molecular flexibility index (Phi) is 7.36. The topological polar surface area (TPSA) is 77.3 Å². The third-order valence-electron chi connectivity index (χ3n) is 9.59. The fourth-order valence-corrected chi connectivity index (χ4v) is 6.64. The molecule has 0 saturated carbocycles. The Labute approximate surface area is 296 Å². The van der Waals surface area contributed by atoms with Gasteiger partial charge in [0.05, 0.1) is 0 Å². The summed E-state index contributed by atoms with van der Waals surface area (Å²) in [6.45, 7) is 4.49. The summed E-state index contributed by atoms with van der Waals surface area (Å²) < 4.78 is 0. The fraction of sp³-hybridized carbons (Fsp3) is 0.0667. The van der Waals surface area contributed by atoms with Crippen LogP contribution in [0.2, 0.25) is 0 Å². The minimum atomic E-state index is -0.367. The number of nitrogens with zero attached hydrogens (tertiary/aromatic N) is 6. The summed E-state index contributed by atoms with van der Waals surface area (Å²) in [4.78, 5) is 30.3. The molecular weight excluding hydrogens is 625 g/mol. The average molecular weight is 657 g/mol. The van der Waals surface area contributed by atoms with Crippen LogP contribution in [-0.2, 0) is 5.41 Å². The quantitative estimate of drug-likeness (QED) is 0.184. The van der Waals surface area contributed by atoms with Crippen molar-refractivity contribution in [3.8, 4) is 79.5 Å². The van der Waals surface area contributed by atoms with Gasteiger partial charge in [-0.1, -0.05) is 147 Å². The lowest BCUT2D eigenvalue weighted by atomic mass is 9.77. The molecule has 0 amide bonds. The van der Waals surface area contributed by atoms with Crippen molar-refractivity contribution in [1.82, 2.24) is 29.9 Å². The van der Waals surface area contributed by atoms with Crippen molar-refractivity contribution >= 4 is 0 Å². The van der Waals surface area contributed by atoms with Crippen molar-refractivity contribution in [3.63, 3.8) is 0 Å². The lowest BCUT2D eigenvalue weighted by Gasteiger charge is -2.27. The molecular formula is C45H32N6. The first-order chi connectivity index (χ1) is 25.0. The van der Waals surface area contributed by atoms with Gasteiger partial charge in [0.25, 0.3) is 0 Å². The molecule has 0 N–H and O–H groups in total. The van der Waals surface area contributed by atoms with Crippen LogP contribution in [0.3, 0.4) is 0 Å². The number of hydrogen-bond donors (Lipinski definition) is 0. The van der Waals surface area contributed by atoms with Crippen LogP contribution in [0.15, 0.2) is 158 Å². The maximum absolute atomic E-state index is 5.09. The number of benzene rings is 6. The van der Waals surface area contributed by atoms with Gasteiger partial charge in [0.15, 0.2) is 34.9 Å². The van der Waals surface area contributed by atoms with Gasteiger partial charge in [-0.15, -0.1) is 0 Å². The Hall–Kier alpha value is -6.66. The third kappa shape index (κ3) is 5.77. The van der Waals surface area contributed by atoms with E-state index in [1.54, 1.807) is 0 Å². The highest BCUT2D eigenvalue weighted by atomic mass is 15.0. The summed E-state index contributed by atoms with van der Waals surface area (Å²) in [5.74, 6) is 3.73. The van der Waals surface area contributed by atoms with Gasteiger partial charge in [-0.25, -0.2) is 29.9 Å². The van der Waals surface area contributed by atoms with Crippen LogP contribution in [0.25, 0.3) is 79.5 Å². The van der Waals surface area contributed by atoms with Crippen LogP contribution in [0.5, 0.6) is 0 Å². The zero-order valence-corrected chi connectivity index (χ0v) is 28.2. The van der Waals surface area contributed by atoms with Gasteiger partial charge in [-0.2, -0.15) is 0 Å². The van der Waals surface area contributed by atoms with Crippen molar-refractivity contribution in [1.29, 1.82) is 0 Å². The molecule has 0 aliphatic carbocycles. The van der Waals surface area contributed by atoms with Crippen molar-refractivity contribution in [2.24, 2.45) is 0 Å². The summed E-state index contributed by atoms with van der Waals surface area (Å²) in [5.41, 5.74) is 9.49. The van der Waals surface area contributed by atoms with Crippen LogP contribution in [-0.4, -0.2) is 29.9 Å². The van der Waals surface area contributed by atoms with Gasteiger partial charge < -0.3 is 0 Å². The van der Waals surface area contributed by atoms with Crippen molar-refractivity contribution in [2.75, 3.05) is 0 Å². The minimum Gasteiger partial charge on any atom is -0.208 e. The van der Waals surface area contributed by atoms with E-state index >= 15 is 0 Å². The van der Waals surface area contributed by atoms with Gasteiger partial charge in [0.1, 0.15) is 0 Å². The molecule has 2 aromatic heterocycles. The molecule has 6 nitrogen and oxygen atoms in total. The second-order valence-electron chi connectivity index (χ2n) is 13.3. The summed E-state index contributed by atoms with van der Waals surface area (Å²) in [5, 5.41) is 0. The van der Waals surface area contributed by atoms with E-state index in [1.165, 1.54) is 0 Å². The minimum absolute atomic E-state index is 0.367. The lowest BCUT2D eigenvalue weighted by molar-refractivity contribution is 0.641. The Morgan fingerprint density at radius 1 is 0.275 bits per heavy atom. The first-order valence-corrected chi connectivity index (χ1v) is 17.0. The molecule has 12 bridgehead atoms. The van der Waals surface area contributed by atoms with E-state index in [0.717, 1.165) is 55.6 Å². The van der Waals surface area contributed by atoms with Crippen LogP contribution in [0.4, 0.5) is 0 Å². The van der Waals surface area contributed by atoms with Crippen molar-refractivity contribution < 1.29 is 0 Å². The van der Waals surface area contributed by atoms with Crippen LogP contribution in [0.1, 0.15) is 25.0 Å². The Balaban J connectivity index is 1.32. The molecule has 0 unspecified atom stereocenters. The van der Waals surface area contributed by atoms with E-state index in [4.69, 9.17) is 29.9 Å². The Bertz CT molecular complexity index is 2380. The highest BCUT2D eigenvalue weighted by Crippen LogP contribution is 2.37. The number of aromatic nitrogens is 6. The first-order valence-electron chi connectivity index (χ1n) is 17.0. The predicted octanol–water partition coefficient (Wildman–Crippen LogP) is 10.4. The monoisotopic (exact) mass is 656 g/mol. The molecule has 1 aliphatic heterocycles. The van der Waals surface area contributed by atoms with E-state index in [9.17, 15) is 0 Å². The summed E-state index contributed by atoms with van der Waals surface area (Å²) in [6.07, 6.45) is 0. The molecule has 0 radical (unpaired) electrons. The first kappa shape index (κ1) is 30.4. The molecule has 8 aromatic rings. The predicted molar refractivity (Wildman–Crippen MR) is 203 cm³/mol. The molecule has 0 atom stereocenters. The molecule has 6 aromatic carbocycles. The summed E-state index contributed by atoms with van der Waals surface area (Å²) >= 11 is 0. The zero-order chi connectivity index (χ0) is 34.4. The highest BCUT2D eigenvalue weighted by molar-refractivity contribution is 5.76. The van der Waals surface area contributed by atoms with Crippen LogP contribution < -0.4 is 0 Å². The van der Waals surface area contributed by atoms with Crippen LogP contribution >= 0.6 is 0 Å². The van der Waals surface area contributed by atoms with Gasteiger partial charge in [-0.3, -0.25) is 0 Å². The molecule has 0 saturated heterocycles. The van der Waals surface area contributed by atoms with Gasteiger partial charge in [-0.05, 0) is 46.5 Å². The largest absolute Gasteiger partial charge is 0.208 e. The molecule has 0 fully saturated rings. The van der Waals surface area contributed by atoms with Gasteiger partial charge in [0.2, 0.25) is 0 Å². The molecule has 51 heavy (non-hydrogen) atoms. The fourth-order valence-electron chi connectivity index (χ4n) is 6.64.